The molecule has 0 fully saturated rings. The van der Waals surface area contributed by atoms with Crippen molar-refractivity contribution in [2.75, 3.05) is 12.5 Å². The van der Waals surface area contributed by atoms with Gasteiger partial charge < -0.3 is 4.84 Å². The van der Waals surface area contributed by atoms with E-state index in [0.717, 1.165) is 10.6 Å². The highest BCUT2D eigenvalue weighted by Crippen LogP contribution is 2.50. The zero-order valence-electron chi connectivity index (χ0n) is 9.65. The lowest BCUT2D eigenvalue weighted by Crippen LogP contribution is -2.12. The van der Waals surface area contributed by atoms with Crippen LogP contribution in [0.15, 0.2) is 29.4 Å². The number of nitrogens with zero attached hydrogens (tertiary/aromatic N) is 2. The van der Waals surface area contributed by atoms with Gasteiger partial charge in [0.05, 0.1) is 4.92 Å². The van der Waals surface area contributed by atoms with Crippen molar-refractivity contribution in [3.8, 4) is 0 Å². The number of hydrogen-bond donors (Lipinski definition) is 0. The summed E-state index contributed by atoms with van der Waals surface area (Å²) in [6.07, 6.45) is 3.91. The molecule has 0 atom stereocenters. The molecule has 96 valence electrons. The Morgan fingerprint density at radius 2 is 1.94 bits per heavy atom. The number of nitro benzene ring substituents is 1. The molecule has 8 heteroatoms. The second-order valence-corrected chi connectivity index (χ2v) is 7.21. The van der Waals surface area contributed by atoms with Crippen molar-refractivity contribution in [1.29, 1.82) is 0 Å². The van der Waals surface area contributed by atoms with E-state index in [1.807, 2.05) is 12.5 Å². The summed E-state index contributed by atoms with van der Waals surface area (Å²) in [6, 6.07) is 6.31. The van der Waals surface area contributed by atoms with Crippen LogP contribution in [0.3, 0.4) is 0 Å². The first kappa shape index (κ1) is 13.6. The molecule has 2 rings (SSSR count). The van der Waals surface area contributed by atoms with Gasteiger partial charge in [0.1, 0.15) is 5.04 Å². The molecule has 1 heterocycles. The highest BCUT2D eigenvalue weighted by atomic mass is 32.3. The monoisotopic (exact) mass is 302 g/mol. The lowest BCUT2D eigenvalue weighted by atomic mass is 10.2. The zero-order chi connectivity index (χ0) is 13.2. The van der Waals surface area contributed by atoms with Crippen LogP contribution in [-0.4, -0.2) is 26.1 Å². The number of hydrogen-bond acceptors (Lipinski definition) is 7. The number of rotatable bonds is 4. The van der Waals surface area contributed by atoms with Crippen molar-refractivity contribution in [1.82, 2.24) is 0 Å². The standard InChI is InChI=1S/C10H10N2O3S3/c1-16-10(17-2)15-11-9(18-10)7-3-5-8(6-4-7)12(13)14/h3-6H,1-2H3. The number of thioether (sulfide) groups is 3. The molecule has 0 spiro atoms. The van der Waals surface area contributed by atoms with Crippen molar-refractivity contribution in [3.63, 3.8) is 0 Å². The van der Waals surface area contributed by atoms with Crippen LogP contribution < -0.4 is 0 Å². The third-order valence-corrected chi connectivity index (χ3v) is 6.76. The summed E-state index contributed by atoms with van der Waals surface area (Å²) in [7, 11) is 0. The lowest BCUT2D eigenvalue weighted by molar-refractivity contribution is -0.384. The summed E-state index contributed by atoms with van der Waals surface area (Å²) >= 11 is 4.64. The van der Waals surface area contributed by atoms with E-state index in [9.17, 15) is 10.1 Å². The zero-order valence-corrected chi connectivity index (χ0v) is 12.1. The van der Waals surface area contributed by atoms with Gasteiger partial charge in [-0.3, -0.25) is 10.1 Å². The molecule has 0 bridgehead atoms. The Balaban J connectivity index is 2.17. The molecule has 1 aliphatic rings. The Labute approximate surface area is 117 Å². The molecule has 0 unspecified atom stereocenters. The van der Waals surface area contributed by atoms with Crippen LogP contribution in [0.4, 0.5) is 5.69 Å². The van der Waals surface area contributed by atoms with Gasteiger partial charge in [0, 0.05) is 17.7 Å². The van der Waals surface area contributed by atoms with Gasteiger partial charge in [-0.2, -0.15) is 0 Å². The summed E-state index contributed by atoms with van der Waals surface area (Å²) < 4.78 is -0.447. The first-order valence-electron chi connectivity index (χ1n) is 4.90. The lowest BCUT2D eigenvalue weighted by Gasteiger charge is -2.19. The van der Waals surface area contributed by atoms with Gasteiger partial charge in [0.15, 0.2) is 0 Å². The van der Waals surface area contributed by atoms with E-state index in [1.54, 1.807) is 35.7 Å². The van der Waals surface area contributed by atoms with E-state index in [4.69, 9.17) is 4.84 Å². The predicted molar refractivity (Wildman–Crippen MR) is 78.1 cm³/mol. The molecule has 1 aromatic rings. The van der Waals surface area contributed by atoms with Gasteiger partial charge in [-0.05, 0) is 36.4 Å². The van der Waals surface area contributed by atoms with Gasteiger partial charge in [-0.15, -0.1) is 0 Å². The Kier molecular flexibility index (Phi) is 4.08. The number of nitro groups is 1. The molecule has 5 nitrogen and oxygen atoms in total. The molecular weight excluding hydrogens is 292 g/mol. The van der Waals surface area contributed by atoms with Crippen LogP contribution in [0.25, 0.3) is 0 Å². The molecule has 0 radical (unpaired) electrons. The van der Waals surface area contributed by atoms with Crippen LogP contribution >= 0.6 is 35.3 Å². The van der Waals surface area contributed by atoms with Crippen LogP contribution in [0.2, 0.25) is 0 Å². The Hall–Kier alpha value is -0.860. The molecule has 0 aromatic heterocycles. The second kappa shape index (κ2) is 5.41. The van der Waals surface area contributed by atoms with Crippen molar-refractivity contribution in [2.45, 2.75) is 3.60 Å². The van der Waals surface area contributed by atoms with Crippen LogP contribution in [0.1, 0.15) is 5.56 Å². The topological polar surface area (TPSA) is 64.7 Å². The molecule has 0 saturated carbocycles. The highest BCUT2D eigenvalue weighted by Gasteiger charge is 2.39. The highest BCUT2D eigenvalue weighted by molar-refractivity contribution is 8.38. The summed E-state index contributed by atoms with van der Waals surface area (Å²) in [4.78, 5) is 15.6. The number of oxime groups is 1. The van der Waals surface area contributed by atoms with Gasteiger partial charge in [-0.25, -0.2) is 0 Å². The number of non-ortho nitro benzene ring substituents is 1. The second-order valence-electron chi connectivity index (χ2n) is 3.30. The van der Waals surface area contributed by atoms with Crippen LogP contribution in [0.5, 0.6) is 0 Å². The van der Waals surface area contributed by atoms with Gasteiger partial charge in [0.25, 0.3) is 9.28 Å². The van der Waals surface area contributed by atoms with E-state index in [-0.39, 0.29) is 5.69 Å². The summed E-state index contributed by atoms with van der Waals surface area (Å²) in [5.41, 5.74) is 0.903. The van der Waals surface area contributed by atoms with E-state index in [1.165, 1.54) is 23.9 Å². The third-order valence-electron chi connectivity index (χ3n) is 2.29. The maximum atomic E-state index is 10.6. The van der Waals surface area contributed by atoms with Crippen molar-refractivity contribution < 1.29 is 9.76 Å². The fourth-order valence-electron chi connectivity index (χ4n) is 1.33. The molecule has 0 aliphatic carbocycles. The van der Waals surface area contributed by atoms with Gasteiger partial charge in [0.2, 0.25) is 0 Å². The van der Waals surface area contributed by atoms with Crippen LogP contribution in [-0.2, 0) is 4.84 Å². The van der Waals surface area contributed by atoms with Gasteiger partial charge in [-0.1, -0.05) is 28.7 Å². The summed E-state index contributed by atoms with van der Waals surface area (Å²) in [6.45, 7) is 0. The third kappa shape index (κ3) is 2.60. The van der Waals surface area contributed by atoms with Crippen molar-refractivity contribution in [3.05, 3.63) is 39.9 Å². The van der Waals surface area contributed by atoms with E-state index >= 15 is 0 Å². The SMILES string of the molecule is CSC1(SC)ON=C(c2ccc([N+](=O)[O-])cc2)S1. The molecule has 0 saturated heterocycles. The fraction of sp³-hybridized carbons (Fsp3) is 0.300. The molecule has 1 aliphatic heterocycles. The first-order valence-corrected chi connectivity index (χ1v) is 8.17. The average Bonchev–Trinajstić information content (AvgIpc) is 2.84. The van der Waals surface area contributed by atoms with Crippen LogP contribution in [0, 0.1) is 10.1 Å². The van der Waals surface area contributed by atoms with Gasteiger partial charge >= 0.3 is 0 Å². The molecule has 0 amide bonds. The van der Waals surface area contributed by atoms with Crippen molar-refractivity contribution in [2.24, 2.45) is 5.16 Å². The van der Waals surface area contributed by atoms with E-state index in [0.29, 0.717) is 0 Å². The maximum Gasteiger partial charge on any atom is 0.280 e. The minimum atomic E-state index is -0.447. The number of benzene rings is 1. The molecule has 0 N–H and O–H groups in total. The largest absolute Gasteiger partial charge is 0.354 e. The summed E-state index contributed by atoms with van der Waals surface area (Å²) in [5.74, 6) is 0. The Morgan fingerprint density at radius 1 is 1.33 bits per heavy atom. The first-order chi connectivity index (χ1) is 8.60. The minimum Gasteiger partial charge on any atom is -0.354 e. The van der Waals surface area contributed by atoms with Crippen molar-refractivity contribution >= 4 is 46.0 Å². The average molecular weight is 302 g/mol. The van der Waals surface area contributed by atoms with E-state index in [2.05, 4.69) is 5.16 Å². The smallest absolute Gasteiger partial charge is 0.280 e. The quantitative estimate of drug-likeness (QED) is 0.483. The maximum absolute atomic E-state index is 10.6. The molecule has 1 aromatic carbocycles. The molecule has 18 heavy (non-hydrogen) atoms. The summed E-state index contributed by atoms with van der Waals surface area (Å²) in [5, 5.41) is 15.4. The normalized spacial score (nSPS) is 17.1. The Morgan fingerprint density at radius 3 is 2.39 bits per heavy atom. The molecular formula is C10H10N2O3S3. The predicted octanol–water partition coefficient (Wildman–Crippen LogP) is 3.36. The fourth-order valence-corrected chi connectivity index (χ4v) is 4.00. The minimum absolute atomic E-state index is 0.0734. The van der Waals surface area contributed by atoms with E-state index < -0.39 is 8.52 Å². The Bertz CT molecular complexity index is 486.